The van der Waals surface area contributed by atoms with Crippen molar-refractivity contribution in [1.82, 2.24) is 10.6 Å². The molecule has 1 heterocycles. The maximum atomic E-state index is 13.4. The van der Waals surface area contributed by atoms with Crippen molar-refractivity contribution in [3.63, 3.8) is 0 Å². The van der Waals surface area contributed by atoms with E-state index in [0.717, 1.165) is 28.0 Å². The molecular formula is C28H30N4O5. The van der Waals surface area contributed by atoms with E-state index in [9.17, 15) is 9.59 Å². The van der Waals surface area contributed by atoms with Crippen molar-refractivity contribution in [2.45, 2.75) is 39.0 Å². The molecule has 3 aromatic rings. The van der Waals surface area contributed by atoms with Gasteiger partial charge in [-0.05, 0) is 54.8 Å². The molecule has 1 aliphatic rings. The van der Waals surface area contributed by atoms with E-state index in [-0.39, 0.29) is 24.6 Å². The average Bonchev–Trinajstić information content (AvgIpc) is 2.90. The van der Waals surface area contributed by atoms with Crippen LogP contribution in [0, 0.1) is 6.92 Å². The van der Waals surface area contributed by atoms with Crippen molar-refractivity contribution < 1.29 is 24.2 Å². The van der Waals surface area contributed by atoms with Gasteiger partial charge in [-0.15, -0.1) is 0 Å². The Morgan fingerprint density at radius 1 is 1.08 bits per heavy atom. The normalized spacial score (nSPS) is 13.8. The summed E-state index contributed by atoms with van der Waals surface area (Å²) < 4.78 is 11.1. The Morgan fingerprint density at radius 3 is 2.49 bits per heavy atom. The molecule has 0 aromatic heterocycles. The number of carbonyl (C=O) groups excluding carboxylic acids is 1. The molecule has 2 amide bonds. The van der Waals surface area contributed by atoms with E-state index >= 15 is 0 Å². The monoisotopic (exact) mass is 502 g/mol. The Balaban J connectivity index is 1.56. The van der Waals surface area contributed by atoms with Crippen LogP contribution in [-0.4, -0.2) is 36.3 Å². The number of rotatable bonds is 8. The van der Waals surface area contributed by atoms with E-state index in [1.165, 1.54) is 0 Å². The van der Waals surface area contributed by atoms with E-state index in [4.69, 9.17) is 14.6 Å². The highest BCUT2D eigenvalue weighted by molar-refractivity contribution is 5.90. The van der Waals surface area contributed by atoms with Crippen LogP contribution in [0.3, 0.4) is 0 Å². The molecule has 1 aliphatic heterocycles. The zero-order chi connectivity index (χ0) is 26.4. The van der Waals surface area contributed by atoms with Gasteiger partial charge in [-0.3, -0.25) is 10.1 Å². The summed E-state index contributed by atoms with van der Waals surface area (Å²) in [5.41, 5.74) is 4.60. The van der Waals surface area contributed by atoms with Gasteiger partial charge in [0, 0.05) is 17.7 Å². The van der Waals surface area contributed by atoms with E-state index in [2.05, 4.69) is 20.9 Å². The lowest BCUT2D eigenvalue weighted by atomic mass is 10.0. The lowest BCUT2D eigenvalue weighted by molar-refractivity contribution is -0.123. The van der Waals surface area contributed by atoms with Crippen molar-refractivity contribution in [1.29, 1.82) is 0 Å². The highest BCUT2D eigenvalue weighted by Crippen LogP contribution is 2.32. The molecule has 192 valence electrons. The molecule has 0 aliphatic carbocycles. The van der Waals surface area contributed by atoms with Crippen LogP contribution in [-0.2, 0) is 22.6 Å². The smallest absolute Gasteiger partial charge is 0.409 e. The molecule has 9 heteroatoms. The van der Waals surface area contributed by atoms with Gasteiger partial charge in [-0.25, -0.2) is 4.79 Å². The molecular weight excluding hydrogens is 472 g/mol. The zero-order valence-electron chi connectivity index (χ0n) is 20.9. The maximum Gasteiger partial charge on any atom is 0.409 e. The highest BCUT2D eigenvalue weighted by atomic mass is 16.5. The second-order valence-electron chi connectivity index (χ2n) is 8.76. The molecule has 0 saturated carbocycles. The van der Waals surface area contributed by atoms with E-state index in [1.54, 1.807) is 19.2 Å². The van der Waals surface area contributed by atoms with Crippen LogP contribution in [0.4, 0.5) is 16.2 Å². The quantitative estimate of drug-likeness (QED) is 0.355. The molecule has 37 heavy (non-hydrogen) atoms. The van der Waals surface area contributed by atoms with Gasteiger partial charge in [0.15, 0.2) is 0 Å². The summed E-state index contributed by atoms with van der Waals surface area (Å²) in [7, 11) is 1.61. The number of hydrogen-bond acceptors (Lipinski definition) is 6. The summed E-state index contributed by atoms with van der Waals surface area (Å²) in [5, 5.41) is 17.7. The third-order valence-corrected chi connectivity index (χ3v) is 6.26. The third-order valence-electron chi connectivity index (χ3n) is 6.26. The van der Waals surface area contributed by atoms with Gasteiger partial charge in [0.2, 0.25) is 5.91 Å². The SMILES string of the molecule is COc1ccc(C[C@H](NC2=Nc3ccc(NC(=O)O)c(C)c3CO2)C(=O)NC(C)c2ccccc2)cc1. The number of carboxylic acid groups (broad SMARTS) is 1. The number of hydrogen-bond donors (Lipinski definition) is 4. The second-order valence-corrected chi connectivity index (χ2v) is 8.76. The van der Waals surface area contributed by atoms with Gasteiger partial charge < -0.3 is 25.2 Å². The first-order valence-corrected chi connectivity index (χ1v) is 11.9. The Labute approximate surface area is 215 Å². The van der Waals surface area contributed by atoms with Gasteiger partial charge in [-0.1, -0.05) is 42.5 Å². The maximum absolute atomic E-state index is 13.4. The topological polar surface area (TPSA) is 121 Å². The molecule has 4 N–H and O–H groups in total. The number of aliphatic imine (C=N–C) groups is 1. The van der Waals surface area contributed by atoms with Crippen LogP contribution in [0.25, 0.3) is 0 Å². The van der Waals surface area contributed by atoms with Gasteiger partial charge >= 0.3 is 6.09 Å². The van der Waals surface area contributed by atoms with Crippen LogP contribution < -0.4 is 20.7 Å². The van der Waals surface area contributed by atoms with Crippen molar-refractivity contribution >= 4 is 29.4 Å². The Bertz CT molecular complexity index is 1290. The molecule has 0 radical (unpaired) electrons. The van der Waals surface area contributed by atoms with Gasteiger partial charge in [0.1, 0.15) is 18.4 Å². The standard InChI is InChI=1S/C28H30N4O5/c1-17-22-16-37-27(30-24(22)14-13-23(17)32-28(34)35)31-25(15-19-9-11-21(36-3)12-10-19)26(33)29-18(2)20-7-5-4-6-8-20/h4-14,18,25,32H,15-16H2,1-3H3,(H,29,33)(H,30,31)(H,34,35)/t18?,25-/m0/s1. The second kappa shape index (κ2) is 11.5. The molecule has 0 spiro atoms. The molecule has 2 atom stereocenters. The number of ether oxygens (including phenoxy) is 2. The van der Waals surface area contributed by atoms with Crippen LogP contribution in [0.15, 0.2) is 71.7 Å². The minimum atomic E-state index is -1.14. The number of amidine groups is 1. The van der Waals surface area contributed by atoms with Crippen molar-refractivity contribution in [3.05, 3.63) is 89.0 Å². The summed E-state index contributed by atoms with van der Waals surface area (Å²) in [4.78, 5) is 29.0. The number of benzene rings is 3. The molecule has 3 aromatic carbocycles. The number of nitrogens with zero attached hydrogens (tertiary/aromatic N) is 1. The van der Waals surface area contributed by atoms with Crippen LogP contribution in [0.2, 0.25) is 0 Å². The van der Waals surface area contributed by atoms with E-state index in [1.807, 2.05) is 68.4 Å². The van der Waals surface area contributed by atoms with Gasteiger partial charge in [-0.2, -0.15) is 4.99 Å². The molecule has 1 unspecified atom stereocenters. The van der Waals surface area contributed by atoms with Crippen LogP contribution in [0.1, 0.15) is 35.2 Å². The molecule has 0 saturated heterocycles. The minimum absolute atomic E-state index is 0.188. The lowest BCUT2D eigenvalue weighted by Crippen LogP contribution is -2.49. The molecule has 4 rings (SSSR count). The van der Waals surface area contributed by atoms with E-state index in [0.29, 0.717) is 17.8 Å². The fourth-order valence-electron chi connectivity index (χ4n) is 4.13. The first-order chi connectivity index (χ1) is 17.8. The van der Waals surface area contributed by atoms with Crippen LogP contribution >= 0.6 is 0 Å². The molecule has 0 fully saturated rings. The van der Waals surface area contributed by atoms with Crippen molar-refractivity contribution in [3.8, 4) is 5.75 Å². The number of carbonyl (C=O) groups is 2. The summed E-state index contributed by atoms with van der Waals surface area (Å²) >= 11 is 0. The predicted molar refractivity (Wildman–Crippen MR) is 141 cm³/mol. The average molecular weight is 503 g/mol. The minimum Gasteiger partial charge on any atom is -0.497 e. The highest BCUT2D eigenvalue weighted by Gasteiger charge is 2.25. The first-order valence-electron chi connectivity index (χ1n) is 11.9. The Kier molecular flexibility index (Phi) is 7.92. The van der Waals surface area contributed by atoms with Crippen LogP contribution in [0.5, 0.6) is 5.75 Å². The molecule has 0 bridgehead atoms. The number of nitrogens with one attached hydrogen (secondary N) is 3. The number of amides is 2. The third kappa shape index (κ3) is 6.38. The fourth-order valence-corrected chi connectivity index (χ4v) is 4.13. The van der Waals surface area contributed by atoms with Gasteiger partial charge in [0.25, 0.3) is 6.02 Å². The number of methoxy groups -OCH3 is 1. The lowest BCUT2D eigenvalue weighted by Gasteiger charge is -2.26. The summed E-state index contributed by atoms with van der Waals surface area (Å²) in [6.07, 6.45) is -0.740. The predicted octanol–water partition coefficient (Wildman–Crippen LogP) is 4.69. The Morgan fingerprint density at radius 2 is 1.81 bits per heavy atom. The Hall–Kier alpha value is -4.53. The largest absolute Gasteiger partial charge is 0.497 e. The fraction of sp³-hybridized carbons (Fsp3) is 0.250. The summed E-state index contributed by atoms with van der Waals surface area (Å²) in [6, 6.07) is 20.1. The zero-order valence-corrected chi connectivity index (χ0v) is 20.9. The summed E-state index contributed by atoms with van der Waals surface area (Å²) in [6.45, 7) is 3.94. The first kappa shape index (κ1) is 25.6. The van der Waals surface area contributed by atoms with E-state index < -0.39 is 12.1 Å². The summed E-state index contributed by atoms with van der Waals surface area (Å²) in [5.74, 6) is 0.542. The van der Waals surface area contributed by atoms with Crippen molar-refractivity contribution in [2.75, 3.05) is 12.4 Å². The van der Waals surface area contributed by atoms with Crippen molar-refractivity contribution in [2.24, 2.45) is 4.99 Å². The molecule has 9 nitrogen and oxygen atoms in total. The van der Waals surface area contributed by atoms with Gasteiger partial charge in [0.05, 0.1) is 18.8 Å². The number of fused-ring (bicyclic) bond motifs is 1. The number of anilines is 1.